The third kappa shape index (κ3) is 4.98. The summed E-state index contributed by atoms with van der Waals surface area (Å²) in [5.41, 5.74) is 2.57. The van der Waals surface area contributed by atoms with Crippen LogP contribution in [-0.2, 0) is 9.59 Å². The van der Waals surface area contributed by atoms with Crippen LogP contribution in [0.1, 0.15) is 49.9 Å². The highest BCUT2D eigenvalue weighted by Crippen LogP contribution is 2.35. The van der Waals surface area contributed by atoms with Crippen molar-refractivity contribution in [3.05, 3.63) is 35.8 Å². The molecule has 2 saturated heterocycles. The first-order chi connectivity index (χ1) is 15.4. The number of aryl methyl sites for hydroxylation is 1. The second-order valence-corrected chi connectivity index (χ2v) is 8.77. The molecule has 2 aliphatic rings. The van der Waals surface area contributed by atoms with Crippen LogP contribution in [0.5, 0.6) is 0 Å². The van der Waals surface area contributed by atoms with Gasteiger partial charge in [-0.3, -0.25) is 4.79 Å². The molecule has 1 amide bonds. The molecule has 0 radical (unpaired) electrons. The Kier molecular flexibility index (Phi) is 6.53. The molecule has 1 unspecified atom stereocenters. The van der Waals surface area contributed by atoms with Crippen LogP contribution in [0.4, 0.5) is 5.95 Å². The van der Waals surface area contributed by atoms with Gasteiger partial charge in [-0.05, 0) is 38.5 Å². The molecule has 32 heavy (non-hydrogen) atoms. The first kappa shape index (κ1) is 22.0. The number of carbonyl (C=O) groups excluding carboxylic acids is 1. The maximum Gasteiger partial charge on any atom is 0.328 e. The van der Waals surface area contributed by atoms with Gasteiger partial charge in [-0.25, -0.2) is 14.8 Å². The summed E-state index contributed by atoms with van der Waals surface area (Å²) in [6, 6.07) is 1.89. The summed E-state index contributed by atoms with van der Waals surface area (Å²) in [6.45, 7) is 7.12. The van der Waals surface area contributed by atoms with Crippen LogP contribution in [0.25, 0.3) is 11.3 Å². The molecule has 2 aromatic heterocycles. The molecule has 4 heterocycles. The van der Waals surface area contributed by atoms with Crippen molar-refractivity contribution in [3.8, 4) is 11.3 Å². The molecule has 1 N–H and O–H groups in total. The predicted octanol–water partition coefficient (Wildman–Crippen LogP) is 3.02. The van der Waals surface area contributed by atoms with Crippen LogP contribution in [-0.4, -0.2) is 63.2 Å². The van der Waals surface area contributed by atoms with E-state index in [0.717, 1.165) is 67.4 Å². The Hall–Kier alpha value is -3.23. The van der Waals surface area contributed by atoms with Gasteiger partial charge in [-0.1, -0.05) is 12.1 Å². The van der Waals surface area contributed by atoms with Crippen molar-refractivity contribution in [2.45, 2.75) is 45.4 Å². The fraction of sp³-hybridized carbons (Fsp3) is 0.522. The minimum atomic E-state index is -1.12. The number of rotatable bonds is 5. The molecule has 170 valence electrons. The number of nitrogens with zero attached hydrogens (tertiary/aromatic N) is 5. The van der Waals surface area contributed by atoms with Crippen molar-refractivity contribution in [1.82, 2.24) is 20.0 Å². The van der Waals surface area contributed by atoms with Crippen LogP contribution < -0.4 is 4.90 Å². The maximum absolute atomic E-state index is 12.2. The number of likely N-dealkylation sites (tertiary alicyclic amines) is 1. The van der Waals surface area contributed by atoms with Gasteiger partial charge < -0.3 is 19.4 Å². The van der Waals surface area contributed by atoms with Gasteiger partial charge in [0, 0.05) is 56.5 Å². The number of aliphatic carboxylic acids is 1. The molecule has 9 heteroatoms. The zero-order valence-electron chi connectivity index (χ0n) is 18.5. The molecule has 2 aromatic rings. The lowest BCUT2D eigenvalue weighted by Gasteiger charge is -2.33. The first-order valence-electron chi connectivity index (χ1n) is 11.2. The Balaban J connectivity index is 1.57. The summed E-state index contributed by atoms with van der Waals surface area (Å²) in [5, 5.41) is 12.8. The van der Waals surface area contributed by atoms with Crippen molar-refractivity contribution in [3.63, 3.8) is 0 Å². The molecule has 9 nitrogen and oxygen atoms in total. The second kappa shape index (κ2) is 9.50. The van der Waals surface area contributed by atoms with Gasteiger partial charge in [0.25, 0.3) is 0 Å². The summed E-state index contributed by atoms with van der Waals surface area (Å²) in [7, 11) is 0. The molecule has 2 fully saturated rings. The lowest BCUT2D eigenvalue weighted by atomic mass is 9.90. The smallest absolute Gasteiger partial charge is 0.328 e. The maximum atomic E-state index is 12.2. The first-order valence-corrected chi connectivity index (χ1v) is 11.2. The van der Waals surface area contributed by atoms with E-state index in [1.54, 1.807) is 4.90 Å². The van der Waals surface area contributed by atoms with Gasteiger partial charge in [-0.15, -0.1) is 0 Å². The summed E-state index contributed by atoms with van der Waals surface area (Å²) in [4.78, 5) is 36.5. The van der Waals surface area contributed by atoms with Crippen molar-refractivity contribution >= 4 is 17.8 Å². The lowest BCUT2D eigenvalue weighted by Crippen LogP contribution is -2.38. The summed E-state index contributed by atoms with van der Waals surface area (Å²) in [6.07, 6.45) is 7.67. The Morgan fingerprint density at radius 2 is 1.97 bits per heavy atom. The number of anilines is 1. The number of carboxylic acid groups (broad SMARTS) is 1. The normalized spacial score (nSPS) is 20.1. The molecular weight excluding hydrogens is 410 g/mol. The van der Waals surface area contributed by atoms with Crippen molar-refractivity contribution in [2.75, 3.05) is 31.1 Å². The number of carbonyl (C=O) groups is 2. The van der Waals surface area contributed by atoms with Crippen LogP contribution >= 0.6 is 0 Å². The average molecular weight is 440 g/mol. The molecule has 4 rings (SSSR count). The molecule has 0 spiro atoms. The third-order valence-electron chi connectivity index (χ3n) is 6.20. The summed E-state index contributed by atoms with van der Waals surface area (Å²) in [5.74, 6) is 0.754. The highest BCUT2D eigenvalue weighted by molar-refractivity contribution is 5.93. The predicted molar refractivity (Wildman–Crippen MR) is 118 cm³/mol. The van der Waals surface area contributed by atoms with Gasteiger partial charge >= 0.3 is 5.97 Å². The van der Waals surface area contributed by atoms with E-state index in [4.69, 9.17) is 14.6 Å². The zero-order chi connectivity index (χ0) is 22.7. The van der Waals surface area contributed by atoms with Crippen LogP contribution in [0, 0.1) is 12.8 Å². The average Bonchev–Trinajstić information content (AvgIpc) is 3.23. The van der Waals surface area contributed by atoms with E-state index < -0.39 is 5.97 Å². The van der Waals surface area contributed by atoms with Crippen LogP contribution in [0.15, 0.2) is 28.9 Å². The topological polar surface area (TPSA) is 113 Å². The Bertz CT molecular complexity index is 1010. The third-order valence-corrected chi connectivity index (χ3v) is 6.20. The molecule has 0 aliphatic carbocycles. The minimum absolute atomic E-state index is 0.145. The van der Waals surface area contributed by atoms with E-state index in [0.29, 0.717) is 24.8 Å². The van der Waals surface area contributed by atoms with E-state index in [-0.39, 0.29) is 11.8 Å². The monoisotopic (exact) mass is 439 g/mol. The fourth-order valence-corrected chi connectivity index (χ4v) is 4.52. The SMILES string of the molecule is Cc1cc(-c2cnc(N3CCCC(C)C3)nc2C2CCN(C(=O)C=CC(=O)O)CC2)on1. The molecular formula is C23H29N5O4. The number of carboxylic acids is 1. The summed E-state index contributed by atoms with van der Waals surface area (Å²) < 4.78 is 5.53. The van der Waals surface area contributed by atoms with Crippen LogP contribution in [0.3, 0.4) is 0 Å². The largest absolute Gasteiger partial charge is 0.478 e. The number of amides is 1. The molecule has 1 atom stereocenters. The Morgan fingerprint density at radius 1 is 1.19 bits per heavy atom. The van der Waals surface area contributed by atoms with Crippen molar-refractivity contribution in [2.24, 2.45) is 5.92 Å². The van der Waals surface area contributed by atoms with Gasteiger partial charge in [-0.2, -0.15) is 0 Å². The second-order valence-electron chi connectivity index (χ2n) is 8.77. The molecule has 0 saturated carbocycles. The number of aromatic nitrogens is 3. The van der Waals surface area contributed by atoms with Gasteiger partial charge in [0.2, 0.25) is 11.9 Å². The van der Waals surface area contributed by atoms with Gasteiger partial charge in [0.05, 0.1) is 17.0 Å². The van der Waals surface area contributed by atoms with E-state index in [2.05, 4.69) is 22.0 Å². The molecule has 0 bridgehead atoms. The van der Waals surface area contributed by atoms with E-state index in [9.17, 15) is 9.59 Å². The van der Waals surface area contributed by atoms with Crippen molar-refractivity contribution < 1.29 is 19.2 Å². The summed E-state index contributed by atoms with van der Waals surface area (Å²) >= 11 is 0. The van der Waals surface area contributed by atoms with E-state index >= 15 is 0 Å². The number of hydrogen-bond acceptors (Lipinski definition) is 7. The minimum Gasteiger partial charge on any atom is -0.478 e. The fourth-order valence-electron chi connectivity index (χ4n) is 4.52. The standard InChI is InChI=1S/C23H29N5O4/c1-15-4-3-9-28(14-15)23-24-13-18(19-12-16(2)26-32-19)22(25-23)17-7-10-27(11-8-17)20(29)5-6-21(30)31/h5-6,12-13,15,17H,3-4,7-11,14H2,1-2H3,(H,30,31). The molecule has 0 aromatic carbocycles. The van der Waals surface area contributed by atoms with E-state index in [1.165, 1.54) is 6.42 Å². The van der Waals surface area contributed by atoms with E-state index in [1.807, 2.05) is 19.2 Å². The lowest BCUT2D eigenvalue weighted by molar-refractivity contribution is -0.132. The number of piperidine rings is 2. The van der Waals surface area contributed by atoms with Crippen molar-refractivity contribution in [1.29, 1.82) is 0 Å². The number of hydrogen-bond donors (Lipinski definition) is 1. The highest BCUT2D eigenvalue weighted by Gasteiger charge is 2.29. The highest BCUT2D eigenvalue weighted by atomic mass is 16.5. The quantitative estimate of drug-likeness (QED) is 0.708. The Labute approximate surface area is 187 Å². The molecule has 2 aliphatic heterocycles. The van der Waals surface area contributed by atoms with Gasteiger partial charge in [0.1, 0.15) is 0 Å². The zero-order valence-corrected chi connectivity index (χ0v) is 18.5. The van der Waals surface area contributed by atoms with Crippen LogP contribution in [0.2, 0.25) is 0 Å². The van der Waals surface area contributed by atoms with Gasteiger partial charge in [0.15, 0.2) is 5.76 Å². The Morgan fingerprint density at radius 3 is 2.62 bits per heavy atom.